The number of nitrogens with two attached hydrogens (primary N) is 1. The van der Waals surface area contributed by atoms with Gasteiger partial charge in [-0.15, -0.1) is 0 Å². The Morgan fingerprint density at radius 2 is 1.69 bits per heavy atom. The maximum absolute atomic E-state index is 13.7. The highest BCUT2D eigenvalue weighted by molar-refractivity contribution is 7.89. The van der Waals surface area contributed by atoms with Crippen LogP contribution in [0.5, 0.6) is 0 Å². The molecule has 9 heteroatoms. The normalized spacial score (nSPS) is 11.2. The number of hydrogen-bond donors (Lipinski definition) is 1. The van der Waals surface area contributed by atoms with Crippen molar-refractivity contribution >= 4 is 21.8 Å². The number of benzene rings is 2. The number of sulfonamides is 1. The van der Waals surface area contributed by atoms with Gasteiger partial charge >= 0.3 is 5.97 Å². The van der Waals surface area contributed by atoms with Crippen LogP contribution in [0, 0.1) is 11.6 Å². The summed E-state index contributed by atoms with van der Waals surface area (Å²) in [7, 11) is -4.09. The van der Waals surface area contributed by atoms with Crippen LogP contribution in [0.15, 0.2) is 47.4 Å². The van der Waals surface area contributed by atoms with E-state index in [1.54, 1.807) is 0 Å². The summed E-state index contributed by atoms with van der Waals surface area (Å²) in [6.07, 6.45) is 0.205. The molecule has 0 heterocycles. The van der Waals surface area contributed by atoms with Crippen LogP contribution < -0.4 is 5.14 Å². The van der Waals surface area contributed by atoms with Crippen LogP contribution >= 0.6 is 0 Å². The zero-order chi connectivity index (χ0) is 19.3. The average Bonchev–Trinajstić information content (AvgIpc) is 2.58. The van der Waals surface area contributed by atoms with Crippen molar-refractivity contribution in [3.63, 3.8) is 0 Å². The maximum Gasteiger partial charge on any atom is 0.341 e. The molecular formula is C17H15F2NO5S. The van der Waals surface area contributed by atoms with Crippen molar-refractivity contribution in [3.05, 3.63) is 65.2 Å². The van der Waals surface area contributed by atoms with E-state index in [9.17, 15) is 26.8 Å². The summed E-state index contributed by atoms with van der Waals surface area (Å²) in [6.45, 7) is -0.176. The molecule has 2 rings (SSSR count). The van der Waals surface area contributed by atoms with Crippen LogP contribution in [0.1, 0.15) is 33.6 Å². The second kappa shape index (κ2) is 8.15. The van der Waals surface area contributed by atoms with Crippen molar-refractivity contribution in [2.24, 2.45) is 5.14 Å². The average molecular weight is 383 g/mol. The van der Waals surface area contributed by atoms with E-state index >= 15 is 0 Å². The molecule has 0 atom stereocenters. The van der Waals surface area contributed by atoms with E-state index in [1.165, 1.54) is 12.1 Å². The largest absolute Gasteiger partial charge is 0.462 e. The Kier molecular flexibility index (Phi) is 6.17. The molecule has 26 heavy (non-hydrogen) atoms. The smallest absolute Gasteiger partial charge is 0.341 e. The van der Waals surface area contributed by atoms with E-state index in [-0.39, 0.29) is 25.2 Å². The molecule has 0 amide bonds. The van der Waals surface area contributed by atoms with Gasteiger partial charge < -0.3 is 4.74 Å². The predicted molar refractivity (Wildman–Crippen MR) is 88.0 cm³/mol. The van der Waals surface area contributed by atoms with E-state index in [0.29, 0.717) is 5.56 Å². The fourth-order valence-corrected chi connectivity index (χ4v) is 2.63. The van der Waals surface area contributed by atoms with Gasteiger partial charge in [0, 0.05) is 12.0 Å². The number of ether oxygens (including phenoxy) is 1. The Balaban J connectivity index is 1.91. The lowest BCUT2D eigenvalue weighted by Gasteiger charge is -2.07. The van der Waals surface area contributed by atoms with Gasteiger partial charge in [0.05, 0.1) is 17.1 Å². The Hall–Kier alpha value is -2.65. The van der Waals surface area contributed by atoms with Gasteiger partial charge in [0.25, 0.3) is 0 Å². The number of ketones is 1. The molecule has 0 bridgehead atoms. The lowest BCUT2D eigenvalue weighted by molar-refractivity contribution is 0.0488. The van der Waals surface area contributed by atoms with Gasteiger partial charge in [0.1, 0.15) is 11.6 Å². The van der Waals surface area contributed by atoms with Crippen LogP contribution in [0.2, 0.25) is 0 Å². The van der Waals surface area contributed by atoms with Gasteiger partial charge in [-0.2, -0.15) is 0 Å². The number of Topliss-reactive ketones (excluding diaryl/α,β-unsaturated/α-hetero) is 1. The summed E-state index contributed by atoms with van der Waals surface area (Å²) < 4.78 is 53.8. The van der Waals surface area contributed by atoms with Crippen LogP contribution in [0.3, 0.4) is 0 Å². The van der Waals surface area contributed by atoms with Gasteiger partial charge in [-0.3, -0.25) is 4.79 Å². The monoisotopic (exact) mass is 383 g/mol. The van der Waals surface area contributed by atoms with E-state index in [1.807, 2.05) is 0 Å². The first-order chi connectivity index (χ1) is 12.2. The number of primary sulfonamides is 1. The Bertz CT molecular complexity index is 927. The molecule has 0 fully saturated rings. The lowest BCUT2D eigenvalue weighted by atomic mass is 10.1. The van der Waals surface area contributed by atoms with Crippen molar-refractivity contribution in [1.29, 1.82) is 0 Å². The van der Waals surface area contributed by atoms with Crippen molar-refractivity contribution in [1.82, 2.24) is 0 Å². The molecule has 2 aromatic rings. The number of esters is 1. The summed E-state index contributed by atoms with van der Waals surface area (Å²) >= 11 is 0. The third kappa shape index (κ3) is 5.17. The molecule has 0 saturated heterocycles. The van der Waals surface area contributed by atoms with E-state index in [2.05, 4.69) is 0 Å². The molecule has 0 saturated carbocycles. The third-order valence-electron chi connectivity index (χ3n) is 3.43. The predicted octanol–water partition coefficient (Wildman–Crippen LogP) is 2.43. The minimum Gasteiger partial charge on any atom is -0.462 e. The van der Waals surface area contributed by atoms with Crippen molar-refractivity contribution in [3.8, 4) is 0 Å². The topological polar surface area (TPSA) is 104 Å². The molecule has 2 aromatic carbocycles. The number of halogens is 2. The first kappa shape index (κ1) is 19.7. The molecule has 0 aliphatic carbocycles. The highest BCUT2D eigenvalue weighted by Crippen LogP contribution is 2.15. The summed E-state index contributed by atoms with van der Waals surface area (Å²) in [5.74, 6) is -2.74. The molecule has 6 nitrogen and oxygen atoms in total. The van der Waals surface area contributed by atoms with E-state index in [4.69, 9.17) is 9.88 Å². The molecular weight excluding hydrogens is 368 g/mol. The number of hydrogen-bond acceptors (Lipinski definition) is 5. The molecule has 0 spiro atoms. The molecule has 0 aromatic heterocycles. The summed E-state index contributed by atoms with van der Waals surface area (Å²) in [6, 6.07) is 7.53. The Morgan fingerprint density at radius 1 is 1.04 bits per heavy atom. The summed E-state index contributed by atoms with van der Waals surface area (Å²) in [5.41, 5.74) is -0.244. The third-order valence-corrected chi connectivity index (χ3v) is 4.34. The van der Waals surface area contributed by atoms with Gasteiger partial charge in [-0.1, -0.05) is 0 Å². The standard InChI is InChI=1S/C17H15F2NO5S/c18-12-5-3-11(4-6-12)16(21)2-1-9-25-17(22)14-10-13(26(20,23)24)7-8-15(14)19/h3-8,10H,1-2,9H2,(H2,20,23,24). The first-order valence-electron chi connectivity index (χ1n) is 7.47. The second-order valence-corrected chi connectivity index (χ2v) is 6.92. The number of carbonyl (C=O) groups excluding carboxylic acids is 2. The minimum absolute atomic E-state index is 0.0403. The zero-order valence-electron chi connectivity index (χ0n) is 13.4. The second-order valence-electron chi connectivity index (χ2n) is 5.36. The van der Waals surface area contributed by atoms with Crippen LogP contribution in [0.25, 0.3) is 0 Å². The first-order valence-corrected chi connectivity index (χ1v) is 9.01. The highest BCUT2D eigenvalue weighted by atomic mass is 32.2. The van der Waals surface area contributed by atoms with Crippen molar-refractivity contribution < 1.29 is 31.5 Å². The van der Waals surface area contributed by atoms with Gasteiger partial charge in [0.15, 0.2) is 5.78 Å². The minimum atomic E-state index is -4.09. The maximum atomic E-state index is 13.7. The molecule has 138 valence electrons. The summed E-state index contributed by atoms with van der Waals surface area (Å²) in [4.78, 5) is 23.3. The van der Waals surface area contributed by atoms with Crippen molar-refractivity contribution in [2.75, 3.05) is 6.61 Å². The SMILES string of the molecule is NS(=O)(=O)c1ccc(F)c(C(=O)OCCCC(=O)c2ccc(F)cc2)c1. The molecule has 2 N–H and O–H groups in total. The molecule has 0 radical (unpaired) electrons. The molecule has 0 aliphatic heterocycles. The Labute approximate surface area is 148 Å². The van der Waals surface area contributed by atoms with Gasteiger partial charge in [-0.05, 0) is 48.9 Å². The Morgan fingerprint density at radius 3 is 2.31 bits per heavy atom. The van der Waals surface area contributed by atoms with Crippen LogP contribution in [0.4, 0.5) is 8.78 Å². The van der Waals surface area contributed by atoms with E-state index < -0.39 is 38.1 Å². The highest BCUT2D eigenvalue weighted by Gasteiger charge is 2.18. The number of rotatable bonds is 7. The van der Waals surface area contributed by atoms with Gasteiger partial charge in [0.2, 0.25) is 10.0 Å². The van der Waals surface area contributed by atoms with Crippen LogP contribution in [-0.2, 0) is 14.8 Å². The summed E-state index contributed by atoms with van der Waals surface area (Å²) in [5, 5.41) is 4.93. The molecule has 0 unspecified atom stereocenters. The quantitative estimate of drug-likeness (QED) is 0.449. The molecule has 0 aliphatic rings. The fraction of sp³-hybridized carbons (Fsp3) is 0.176. The zero-order valence-corrected chi connectivity index (χ0v) is 14.3. The fourth-order valence-electron chi connectivity index (χ4n) is 2.09. The lowest BCUT2D eigenvalue weighted by Crippen LogP contribution is -2.15. The van der Waals surface area contributed by atoms with Gasteiger partial charge in [-0.25, -0.2) is 27.1 Å². The van der Waals surface area contributed by atoms with E-state index in [0.717, 1.165) is 30.3 Å². The van der Waals surface area contributed by atoms with Crippen LogP contribution in [-0.4, -0.2) is 26.8 Å². The number of carbonyl (C=O) groups is 2. The van der Waals surface area contributed by atoms with Crippen molar-refractivity contribution in [2.45, 2.75) is 17.7 Å².